The molecule has 1 amide bonds. The van der Waals surface area contributed by atoms with Crippen LogP contribution in [-0.2, 0) is 4.74 Å². The van der Waals surface area contributed by atoms with Crippen molar-refractivity contribution in [3.05, 3.63) is 24.7 Å². The third-order valence-electron chi connectivity index (χ3n) is 2.74. The average Bonchev–Trinajstić information content (AvgIpc) is 2.87. The van der Waals surface area contributed by atoms with Gasteiger partial charge in [-0.25, -0.2) is 19.8 Å². The van der Waals surface area contributed by atoms with Gasteiger partial charge >= 0.3 is 6.09 Å². The van der Waals surface area contributed by atoms with E-state index in [2.05, 4.69) is 32.6 Å². The Morgan fingerprint density at radius 3 is 3.00 bits per heavy atom. The highest BCUT2D eigenvalue weighted by molar-refractivity contribution is 14.2. The zero-order chi connectivity index (χ0) is 17.2. The second kappa shape index (κ2) is 6.74. The van der Waals surface area contributed by atoms with E-state index in [-0.39, 0.29) is 6.54 Å². The zero-order valence-corrected chi connectivity index (χ0v) is 15.7. The van der Waals surface area contributed by atoms with E-state index in [0.29, 0.717) is 0 Å². The molecular weight excluding hydrogens is 423 g/mol. The normalized spacial score (nSPS) is 15.8. The molecule has 126 valence electrons. The number of carbonyl (C=O) groups is 1. The molecule has 3 rings (SSSR count). The van der Waals surface area contributed by atoms with Crippen molar-refractivity contribution in [3.63, 3.8) is 0 Å². The molecule has 0 aromatic carbocycles. The minimum absolute atomic E-state index is 0.247. The van der Waals surface area contributed by atoms with Gasteiger partial charge in [-0.3, -0.25) is 5.43 Å². The number of hydrogen-bond acceptors (Lipinski definition) is 7. The van der Waals surface area contributed by atoms with E-state index in [0.717, 1.165) is 15.1 Å². The minimum Gasteiger partial charge on any atom is -0.444 e. The average molecular weight is 440 g/mol. The number of fused-ring (bicyclic) bond motifs is 3. The summed E-state index contributed by atoms with van der Waals surface area (Å²) in [5.41, 5.74) is 2.70. The third-order valence-corrected chi connectivity index (χ3v) is 5.06. The molecule has 8 nitrogen and oxygen atoms in total. The van der Waals surface area contributed by atoms with E-state index >= 15 is 0 Å². The molecule has 1 aromatic heterocycles. The molecule has 3 heterocycles. The number of nitrogens with one attached hydrogen (secondary N) is 2. The summed E-state index contributed by atoms with van der Waals surface area (Å²) < 4.78 is 8.16. The number of allylic oxidation sites excluding steroid dienone is 1. The number of rotatable bonds is 1. The van der Waals surface area contributed by atoms with Gasteiger partial charge in [0.05, 0.1) is 10.1 Å². The molecule has 2 aliphatic rings. The molecule has 0 atom stereocenters. The first-order chi connectivity index (χ1) is 11.4. The second-order valence-corrected chi connectivity index (χ2v) is 8.41. The van der Waals surface area contributed by atoms with Crippen molar-refractivity contribution in [2.24, 2.45) is 0 Å². The Hall–Kier alpha value is -2.19. The van der Waals surface area contributed by atoms with Crippen molar-refractivity contribution in [1.82, 2.24) is 18.6 Å². The van der Waals surface area contributed by atoms with Gasteiger partial charge in [0.2, 0.25) is 0 Å². The summed E-state index contributed by atoms with van der Waals surface area (Å²) in [5, 5.41) is 4.55. The molecule has 0 aliphatic carbocycles. The molecule has 9 heteroatoms. The number of alkyl carbamates (subject to hydrolysis) is 1. The highest BCUT2D eigenvalue weighted by atomic mass is 127. The molecule has 0 unspecified atom stereocenters. The summed E-state index contributed by atoms with van der Waals surface area (Å²) in [4.78, 5) is 20.1. The monoisotopic (exact) mass is 440 g/mol. The predicted molar refractivity (Wildman–Crippen MR) is 100 cm³/mol. The van der Waals surface area contributed by atoms with E-state index in [1.165, 1.54) is 0 Å². The first-order valence-electron chi connectivity index (χ1n) is 7.25. The SMILES string of the molecule is CC(C)(C)OC(=O)NCC#CC1=IN2Nc3nccnc3N2C=C1. The molecule has 0 bridgehead atoms. The van der Waals surface area contributed by atoms with Crippen molar-refractivity contribution < 1.29 is 9.53 Å². The fraction of sp³-hybridized carbons (Fsp3) is 0.333. The number of amides is 1. The molecule has 24 heavy (non-hydrogen) atoms. The van der Waals surface area contributed by atoms with Gasteiger partial charge in [0, 0.05) is 39.6 Å². The van der Waals surface area contributed by atoms with Gasteiger partial charge in [-0.2, -0.15) is 0 Å². The Labute approximate surface area is 150 Å². The van der Waals surface area contributed by atoms with Gasteiger partial charge < -0.3 is 10.1 Å². The summed E-state index contributed by atoms with van der Waals surface area (Å²) in [5.74, 6) is 7.56. The van der Waals surface area contributed by atoms with Gasteiger partial charge in [-0.15, -0.1) is 0 Å². The number of aromatic nitrogens is 2. The Balaban J connectivity index is 1.56. The van der Waals surface area contributed by atoms with Crippen LogP contribution in [0.1, 0.15) is 20.8 Å². The second-order valence-electron chi connectivity index (χ2n) is 5.85. The molecule has 0 saturated carbocycles. The van der Waals surface area contributed by atoms with Crippen LogP contribution < -0.4 is 15.8 Å². The fourth-order valence-corrected chi connectivity index (χ4v) is 3.92. The Morgan fingerprint density at radius 1 is 1.42 bits per heavy atom. The van der Waals surface area contributed by atoms with E-state index < -0.39 is 32.7 Å². The lowest BCUT2D eigenvalue weighted by Gasteiger charge is -2.23. The smallest absolute Gasteiger partial charge is 0.408 e. The van der Waals surface area contributed by atoms with Crippen LogP contribution in [0.4, 0.5) is 16.4 Å². The van der Waals surface area contributed by atoms with Gasteiger partial charge in [0.15, 0.2) is 11.6 Å². The quantitative estimate of drug-likeness (QED) is 0.393. The summed E-state index contributed by atoms with van der Waals surface area (Å²) in [6, 6.07) is 0. The summed E-state index contributed by atoms with van der Waals surface area (Å²) in [6.45, 7) is 5.71. The van der Waals surface area contributed by atoms with Crippen molar-refractivity contribution in [2.45, 2.75) is 26.4 Å². The van der Waals surface area contributed by atoms with Crippen LogP contribution in [-0.4, -0.2) is 35.0 Å². The fourth-order valence-electron chi connectivity index (χ4n) is 1.87. The lowest BCUT2D eigenvalue weighted by molar-refractivity contribution is 0.0535. The van der Waals surface area contributed by atoms with Gasteiger partial charge in [-0.05, 0) is 26.8 Å². The van der Waals surface area contributed by atoms with Crippen LogP contribution in [0.15, 0.2) is 24.7 Å². The molecule has 0 radical (unpaired) electrons. The summed E-state index contributed by atoms with van der Waals surface area (Å²) in [6.07, 6.45) is 6.73. The Kier molecular flexibility index (Phi) is 4.68. The largest absolute Gasteiger partial charge is 0.444 e. The number of hydrogen-bond donors (Lipinski definition) is 2. The van der Waals surface area contributed by atoms with Crippen LogP contribution in [0.3, 0.4) is 0 Å². The molecule has 0 saturated heterocycles. The van der Waals surface area contributed by atoms with Crippen molar-refractivity contribution in [1.29, 1.82) is 0 Å². The summed E-state index contributed by atoms with van der Waals surface area (Å²) >= 11 is -0.519. The van der Waals surface area contributed by atoms with E-state index in [9.17, 15) is 4.79 Å². The number of hydrazine groups is 2. The maximum absolute atomic E-state index is 11.5. The van der Waals surface area contributed by atoms with Crippen LogP contribution in [0.2, 0.25) is 0 Å². The van der Waals surface area contributed by atoms with Crippen molar-refractivity contribution in [2.75, 3.05) is 17.0 Å². The lowest BCUT2D eigenvalue weighted by Crippen LogP contribution is -2.33. The minimum atomic E-state index is -0.519. The molecule has 0 spiro atoms. The first kappa shape index (κ1) is 16.7. The van der Waals surface area contributed by atoms with Gasteiger partial charge in [0.1, 0.15) is 5.60 Å². The van der Waals surface area contributed by atoms with E-state index in [1.54, 1.807) is 12.4 Å². The van der Waals surface area contributed by atoms with Crippen LogP contribution in [0, 0.1) is 11.8 Å². The van der Waals surface area contributed by atoms with Crippen LogP contribution in [0.5, 0.6) is 0 Å². The molecule has 2 N–H and O–H groups in total. The molecular formula is C15H17IN6O2. The highest BCUT2D eigenvalue weighted by Gasteiger charge is 2.28. The number of anilines is 2. The standard InChI is InChI=1S/C15H17IN6O2/c1-15(2,3)24-14(23)19-7-4-5-11-6-10-21-13-12(17-8-9-18-13)20-22(21)16-11/h6,8-10H,7H2,1-3H3,(H,17,20)(H,19,23). The highest BCUT2D eigenvalue weighted by Crippen LogP contribution is 2.35. The van der Waals surface area contributed by atoms with Crippen molar-refractivity contribution in [3.8, 4) is 11.8 Å². The topological polar surface area (TPSA) is 82.6 Å². The summed E-state index contributed by atoms with van der Waals surface area (Å²) in [7, 11) is 0. The van der Waals surface area contributed by atoms with Gasteiger partial charge in [-0.1, -0.05) is 15.2 Å². The molecule has 2 aliphatic heterocycles. The first-order valence-corrected chi connectivity index (χ1v) is 9.30. The van der Waals surface area contributed by atoms with Crippen LogP contribution >= 0.6 is 21.0 Å². The van der Waals surface area contributed by atoms with Gasteiger partial charge in [0.25, 0.3) is 0 Å². The number of halogens is 1. The Morgan fingerprint density at radius 2 is 2.21 bits per heavy atom. The van der Waals surface area contributed by atoms with Crippen molar-refractivity contribution >= 4 is 42.2 Å². The number of nitrogens with zero attached hydrogens (tertiary/aromatic N) is 4. The maximum Gasteiger partial charge on any atom is 0.408 e. The lowest BCUT2D eigenvalue weighted by atomic mass is 10.2. The maximum atomic E-state index is 11.5. The number of ether oxygens (including phenoxy) is 1. The molecule has 1 aromatic rings. The zero-order valence-electron chi connectivity index (χ0n) is 13.5. The van der Waals surface area contributed by atoms with Crippen LogP contribution in [0.25, 0.3) is 0 Å². The third kappa shape index (κ3) is 4.01. The van der Waals surface area contributed by atoms with E-state index in [1.807, 2.05) is 41.4 Å². The molecule has 0 fully saturated rings. The number of carbonyl (C=O) groups excluding carboxylic acids is 1. The Bertz CT molecular complexity index is 774. The van der Waals surface area contributed by atoms with E-state index in [4.69, 9.17) is 4.74 Å². The predicted octanol–water partition coefficient (Wildman–Crippen LogP) is 1.95.